The third kappa shape index (κ3) is 3.51. The van der Waals surface area contributed by atoms with Crippen molar-refractivity contribution in [1.29, 1.82) is 0 Å². The van der Waals surface area contributed by atoms with E-state index < -0.39 is 5.97 Å². The summed E-state index contributed by atoms with van der Waals surface area (Å²) in [5.41, 5.74) is 2.25. The Balaban J connectivity index is 1.90. The molecule has 110 valence electrons. The fourth-order valence-electron chi connectivity index (χ4n) is 2.83. The molecule has 1 aliphatic rings. The molecule has 0 saturated carbocycles. The standard InChI is InChI=1S/C16H23NO3/c1-12-6-5-7-13(2)15(12)20-11-10-17-9-4-3-8-14(17)16(18)19/h5-7,14H,3-4,8-11H2,1-2H3,(H,18,19). The summed E-state index contributed by atoms with van der Waals surface area (Å²) in [4.78, 5) is 13.3. The third-order valence-corrected chi connectivity index (χ3v) is 3.93. The van der Waals surface area contributed by atoms with Crippen LogP contribution in [0.1, 0.15) is 30.4 Å². The molecule has 20 heavy (non-hydrogen) atoms. The van der Waals surface area contributed by atoms with Crippen LogP contribution in [0.4, 0.5) is 0 Å². The van der Waals surface area contributed by atoms with Gasteiger partial charge in [0.1, 0.15) is 18.4 Å². The quantitative estimate of drug-likeness (QED) is 0.899. The van der Waals surface area contributed by atoms with Crippen molar-refractivity contribution in [2.24, 2.45) is 0 Å². The maximum Gasteiger partial charge on any atom is 0.320 e. The second-order valence-electron chi connectivity index (χ2n) is 5.46. The smallest absolute Gasteiger partial charge is 0.320 e. The van der Waals surface area contributed by atoms with Crippen molar-refractivity contribution >= 4 is 5.97 Å². The molecule has 2 rings (SSSR count). The van der Waals surface area contributed by atoms with Gasteiger partial charge >= 0.3 is 5.97 Å². The lowest BCUT2D eigenvalue weighted by Gasteiger charge is -2.32. The van der Waals surface area contributed by atoms with E-state index in [1.807, 2.05) is 36.9 Å². The molecule has 1 fully saturated rings. The van der Waals surface area contributed by atoms with Gasteiger partial charge in [-0.1, -0.05) is 24.6 Å². The largest absolute Gasteiger partial charge is 0.492 e. The van der Waals surface area contributed by atoms with Crippen LogP contribution < -0.4 is 4.74 Å². The summed E-state index contributed by atoms with van der Waals surface area (Å²) in [6.45, 7) is 6.12. The number of carboxylic acids is 1. The van der Waals surface area contributed by atoms with E-state index in [4.69, 9.17) is 4.74 Å². The van der Waals surface area contributed by atoms with Crippen molar-refractivity contribution in [2.75, 3.05) is 19.7 Å². The number of rotatable bonds is 5. The lowest BCUT2D eigenvalue weighted by Crippen LogP contribution is -2.46. The minimum absolute atomic E-state index is 0.342. The second kappa shape index (κ2) is 6.75. The molecule has 1 unspecified atom stereocenters. The molecule has 4 nitrogen and oxygen atoms in total. The van der Waals surface area contributed by atoms with Gasteiger partial charge in [0.2, 0.25) is 0 Å². The Morgan fingerprint density at radius 1 is 1.35 bits per heavy atom. The Morgan fingerprint density at radius 2 is 2.05 bits per heavy atom. The Hall–Kier alpha value is -1.55. The summed E-state index contributed by atoms with van der Waals surface area (Å²) in [6, 6.07) is 5.74. The average Bonchev–Trinajstić information content (AvgIpc) is 2.42. The zero-order valence-electron chi connectivity index (χ0n) is 12.3. The molecule has 0 amide bonds. The van der Waals surface area contributed by atoms with Gasteiger partial charge in [-0.15, -0.1) is 0 Å². The van der Waals surface area contributed by atoms with Crippen LogP contribution in [-0.4, -0.2) is 41.7 Å². The number of carbonyl (C=O) groups is 1. The first-order valence-corrected chi connectivity index (χ1v) is 7.25. The van der Waals surface area contributed by atoms with E-state index in [2.05, 4.69) is 0 Å². The highest BCUT2D eigenvalue weighted by molar-refractivity contribution is 5.73. The van der Waals surface area contributed by atoms with E-state index in [0.717, 1.165) is 42.7 Å². The molecule has 1 atom stereocenters. The second-order valence-corrected chi connectivity index (χ2v) is 5.46. The molecule has 0 aromatic heterocycles. The number of carboxylic acid groups (broad SMARTS) is 1. The van der Waals surface area contributed by atoms with E-state index in [1.165, 1.54) is 0 Å². The van der Waals surface area contributed by atoms with Gasteiger partial charge in [-0.05, 0) is 44.4 Å². The number of aliphatic carboxylic acids is 1. The highest BCUT2D eigenvalue weighted by atomic mass is 16.5. The van der Waals surface area contributed by atoms with Crippen LogP contribution in [0.25, 0.3) is 0 Å². The summed E-state index contributed by atoms with van der Waals surface area (Å²) in [7, 11) is 0. The number of ether oxygens (including phenoxy) is 1. The van der Waals surface area contributed by atoms with Crippen LogP contribution in [0, 0.1) is 13.8 Å². The topological polar surface area (TPSA) is 49.8 Å². The van der Waals surface area contributed by atoms with Crippen molar-refractivity contribution in [3.63, 3.8) is 0 Å². The first kappa shape index (κ1) is 14.9. The SMILES string of the molecule is Cc1cccc(C)c1OCCN1CCCCC1C(=O)O. The van der Waals surface area contributed by atoms with Gasteiger partial charge in [0, 0.05) is 6.54 Å². The van der Waals surface area contributed by atoms with Crippen LogP contribution in [0.3, 0.4) is 0 Å². The van der Waals surface area contributed by atoms with E-state index >= 15 is 0 Å². The van der Waals surface area contributed by atoms with Crippen molar-refractivity contribution in [3.8, 4) is 5.75 Å². The predicted octanol–water partition coefficient (Wildman–Crippen LogP) is 2.62. The van der Waals surface area contributed by atoms with E-state index in [-0.39, 0.29) is 6.04 Å². The summed E-state index contributed by atoms with van der Waals surface area (Å²) in [6.07, 6.45) is 2.83. The molecular formula is C16H23NO3. The number of benzene rings is 1. The molecule has 0 bridgehead atoms. The number of likely N-dealkylation sites (tertiary alicyclic amines) is 1. The van der Waals surface area contributed by atoms with Crippen molar-refractivity contribution in [2.45, 2.75) is 39.2 Å². The molecular weight excluding hydrogens is 254 g/mol. The van der Waals surface area contributed by atoms with Gasteiger partial charge < -0.3 is 9.84 Å². The van der Waals surface area contributed by atoms with Crippen molar-refractivity contribution in [1.82, 2.24) is 4.90 Å². The molecule has 0 radical (unpaired) electrons. The third-order valence-electron chi connectivity index (χ3n) is 3.93. The van der Waals surface area contributed by atoms with E-state index in [1.54, 1.807) is 0 Å². The highest BCUT2D eigenvalue weighted by Crippen LogP contribution is 2.23. The molecule has 1 heterocycles. The minimum atomic E-state index is -0.711. The molecule has 1 aromatic carbocycles. The Bertz CT molecular complexity index is 453. The van der Waals surface area contributed by atoms with Crippen LogP contribution in [0.5, 0.6) is 5.75 Å². The fourth-order valence-corrected chi connectivity index (χ4v) is 2.83. The minimum Gasteiger partial charge on any atom is -0.492 e. The van der Waals surface area contributed by atoms with Gasteiger partial charge in [0.05, 0.1) is 0 Å². The molecule has 1 aliphatic heterocycles. The Kier molecular flexibility index (Phi) is 5.01. The average molecular weight is 277 g/mol. The first-order chi connectivity index (χ1) is 9.59. The molecule has 1 aromatic rings. The number of hydrogen-bond donors (Lipinski definition) is 1. The van der Waals surface area contributed by atoms with Crippen LogP contribution in [-0.2, 0) is 4.79 Å². The van der Waals surface area contributed by atoms with Gasteiger partial charge in [-0.3, -0.25) is 9.69 Å². The van der Waals surface area contributed by atoms with Crippen LogP contribution >= 0.6 is 0 Å². The number of nitrogens with zero attached hydrogens (tertiary/aromatic N) is 1. The number of para-hydroxylation sites is 1. The van der Waals surface area contributed by atoms with Gasteiger partial charge in [0.25, 0.3) is 0 Å². The summed E-state index contributed by atoms with van der Waals surface area (Å²) >= 11 is 0. The molecule has 1 saturated heterocycles. The van der Waals surface area contributed by atoms with E-state index in [9.17, 15) is 9.90 Å². The first-order valence-electron chi connectivity index (χ1n) is 7.25. The molecule has 0 spiro atoms. The summed E-state index contributed by atoms with van der Waals surface area (Å²) in [5.74, 6) is 0.216. The van der Waals surface area contributed by atoms with Gasteiger partial charge in [0.15, 0.2) is 0 Å². The number of aryl methyl sites for hydroxylation is 2. The number of hydrogen-bond acceptors (Lipinski definition) is 3. The lowest BCUT2D eigenvalue weighted by atomic mass is 10.0. The van der Waals surface area contributed by atoms with Crippen molar-refractivity contribution < 1.29 is 14.6 Å². The van der Waals surface area contributed by atoms with Crippen LogP contribution in [0.15, 0.2) is 18.2 Å². The zero-order valence-corrected chi connectivity index (χ0v) is 12.3. The highest BCUT2D eigenvalue weighted by Gasteiger charge is 2.27. The van der Waals surface area contributed by atoms with Crippen molar-refractivity contribution in [3.05, 3.63) is 29.3 Å². The predicted molar refractivity (Wildman–Crippen MR) is 78.3 cm³/mol. The normalized spacial score (nSPS) is 19.8. The maximum absolute atomic E-state index is 11.2. The Labute approximate surface area is 120 Å². The monoisotopic (exact) mass is 277 g/mol. The molecule has 0 aliphatic carbocycles. The summed E-state index contributed by atoms with van der Waals surface area (Å²) < 4.78 is 5.86. The van der Waals surface area contributed by atoms with E-state index in [0.29, 0.717) is 13.2 Å². The fraction of sp³-hybridized carbons (Fsp3) is 0.562. The number of piperidine rings is 1. The zero-order chi connectivity index (χ0) is 14.5. The molecule has 1 N–H and O–H groups in total. The Morgan fingerprint density at radius 3 is 2.70 bits per heavy atom. The summed E-state index contributed by atoms with van der Waals surface area (Å²) in [5, 5.41) is 9.23. The molecule has 4 heteroatoms. The van der Waals surface area contributed by atoms with Crippen LogP contribution in [0.2, 0.25) is 0 Å². The lowest BCUT2D eigenvalue weighted by molar-refractivity contribution is -0.144. The maximum atomic E-state index is 11.2. The van der Waals surface area contributed by atoms with Gasteiger partial charge in [-0.25, -0.2) is 0 Å². The van der Waals surface area contributed by atoms with Gasteiger partial charge in [-0.2, -0.15) is 0 Å².